The lowest BCUT2D eigenvalue weighted by Crippen LogP contribution is -2.33. The normalized spacial score (nSPS) is 15.7. The first kappa shape index (κ1) is 19.3. The number of fused-ring (bicyclic) bond motifs is 1. The molecule has 7 nitrogen and oxygen atoms in total. The van der Waals surface area contributed by atoms with Gasteiger partial charge in [0.15, 0.2) is 0 Å². The number of carbonyl (C=O) groups excluding carboxylic acids is 1. The van der Waals surface area contributed by atoms with Gasteiger partial charge in [-0.1, -0.05) is 23.4 Å². The van der Waals surface area contributed by atoms with Gasteiger partial charge in [-0.3, -0.25) is 4.79 Å². The molecular formula is C22H19F2N5O2. The third kappa shape index (κ3) is 3.45. The number of anilines is 1. The summed E-state index contributed by atoms with van der Waals surface area (Å²) in [5.41, 5.74) is 3.91. The van der Waals surface area contributed by atoms with Crippen molar-refractivity contribution in [1.82, 2.24) is 19.8 Å². The molecular weight excluding hydrogens is 404 g/mol. The van der Waals surface area contributed by atoms with Crippen molar-refractivity contribution in [3.63, 3.8) is 0 Å². The van der Waals surface area contributed by atoms with Gasteiger partial charge in [-0.2, -0.15) is 10.1 Å². The number of halogens is 2. The van der Waals surface area contributed by atoms with Gasteiger partial charge in [0.2, 0.25) is 17.6 Å². The van der Waals surface area contributed by atoms with E-state index in [4.69, 9.17) is 4.52 Å². The minimum atomic E-state index is -2.66. The maximum atomic E-state index is 13.1. The molecule has 0 saturated heterocycles. The van der Waals surface area contributed by atoms with Crippen molar-refractivity contribution in [2.75, 3.05) is 5.32 Å². The van der Waals surface area contributed by atoms with Crippen LogP contribution in [0.5, 0.6) is 0 Å². The van der Waals surface area contributed by atoms with E-state index in [0.717, 1.165) is 5.56 Å². The lowest BCUT2D eigenvalue weighted by molar-refractivity contribution is -0.0925. The lowest BCUT2D eigenvalue weighted by Gasteiger charge is -2.31. The number of carbonyl (C=O) groups is 1. The van der Waals surface area contributed by atoms with E-state index in [9.17, 15) is 13.6 Å². The molecule has 0 spiro atoms. The number of nitrogens with one attached hydrogen (secondary N) is 1. The van der Waals surface area contributed by atoms with Crippen LogP contribution < -0.4 is 5.32 Å². The van der Waals surface area contributed by atoms with Gasteiger partial charge in [-0.05, 0) is 37.6 Å². The van der Waals surface area contributed by atoms with Crippen molar-refractivity contribution in [2.45, 2.75) is 38.5 Å². The Morgan fingerprint density at radius 3 is 2.81 bits per heavy atom. The molecule has 1 amide bonds. The van der Waals surface area contributed by atoms with Crippen molar-refractivity contribution in [2.24, 2.45) is 0 Å². The van der Waals surface area contributed by atoms with Crippen LogP contribution in [0.15, 0.2) is 47.1 Å². The fourth-order valence-corrected chi connectivity index (χ4v) is 3.83. The Kier molecular flexibility index (Phi) is 4.35. The summed E-state index contributed by atoms with van der Waals surface area (Å²) in [4.78, 5) is 17.3. The lowest BCUT2D eigenvalue weighted by atomic mass is 9.81. The largest absolute Gasteiger partial charge is 0.339 e. The number of pyridine rings is 1. The highest BCUT2D eigenvalue weighted by atomic mass is 19.3. The first-order chi connectivity index (χ1) is 14.8. The predicted molar refractivity (Wildman–Crippen MR) is 109 cm³/mol. The number of hydrogen-bond donors (Lipinski definition) is 1. The molecule has 0 bridgehead atoms. The number of benzene rings is 1. The molecule has 1 N–H and O–H groups in total. The third-order valence-corrected chi connectivity index (χ3v) is 5.57. The van der Waals surface area contributed by atoms with E-state index in [0.29, 0.717) is 33.8 Å². The van der Waals surface area contributed by atoms with Crippen molar-refractivity contribution in [3.8, 4) is 11.4 Å². The molecule has 3 heterocycles. The van der Waals surface area contributed by atoms with Crippen LogP contribution in [0.3, 0.4) is 0 Å². The Labute approximate surface area is 176 Å². The Morgan fingerprint density at radius 1 is 1.23 bits per heavy atom. The quantitative estimate of drug-likeness (QED) is 0.511. The van der Waals surface area contributed by atoms with Gasteiger partial charge < -0.3 is 9.84 Å². The second-order valence-corrected chi connectivity index (χ2v) is 7.89. The molecule has 1 aliphatic carbocycles. The smallest absolute Gasteiger partial charge is 0.259 e. The third-order valence-electron chi connectivity index (χ3n) is 5.57. The first-order valence-corrected chi connectivity index (χ1v) is 9.88. The Hall–Kier alpha value is -3.62. The summed E-state index contributed by atoms with van der Waals surface area (Å²) in [6.07, 6.45) is 1.24. The zero-order valence-corrected chi connectivity index (χ0v) is 16.9. The molecule has 4 aromatic rings. The molecule has 158 valence electrons. The standard InChI is InChI=1S/C22H19F2N5O2/c1-12-6-7-14(19-26-21(31-28-19)15-10-22(23,24)11-15)9-16(12)25-20(30)18-13(2)27-29-8-4-3-5-17(18)29/h3-9,15H,10-11H2,1-2H3,(H,25,30). The van der Waals surface area contributed by atoms with Crippen LogP contribution in [0.25, 0.3) is 16.9 Å². The van der Waals surface area contributed by atoms with Gasteiger partial charge in [-0.25, -0.2) is 13.3 Å². The molecule has 0 unspecified atom stereocenters. The summed E-state index contributed by atoms with van der Waals surface area (Å²) in [6, 6.07) is 10.9. The van der Waals surface area contributed by atoms with Crippen molar-refractivity contribution >= 4 is 17.1 Å². The van der Waals surface area contributed by atoms with Gasteiger partial charge in [0.1, 0.15) is 0 Å². The summed E-state index contributed by atoms with van der Waals surface area (Å²) in [7, 11) is 0. The van der Waals surface area contributed by atoms with Crippen LogP contribution in [0.4, 0.5) is 14.5 Å². The zero-order valence-electron chi connectivity index (χ0n) is 16.9. The fraction of sp³-hybridized carbons (Fsp3) is 0.273. The molecule has 31 heavy (non-hydrogen) atoms. The monoisotopic (exact) mass is 423 g/mol. The second kappa shape index (κ2) is 6.97. The molecule has 1 aromatic carbocycles. The van der Waals surface area contributed by atoms with E-state index in [2.05, 4.69) is 20.6 Å². The average molecular weight is 423 g/mol. The van der Waals surface area contributed by atoms with E-state index in [1.54, 1.807) is 29.8 Å². The maximum absolute atomic E-state index is 13.1. The van der Waals surface area contributed by atoms with Crippen molar-refractivity contribution in [1.29, 1.82) is 0 Å². The summed E-state index contributed by atoms with van der Waals surface area (Å²) in [5.74, 6) is -2.83. The first-order valence-electron chi connectivity index (χ1n) is 9.88. The minimum absolute atomic E-state index is 0.217. The number of aryl methyl sites for hydroxylation is 2. The van der Waals surface area contributed by atoms with Crippen LogP contribution in [-0.2, 0) is 0 Å². The number of rotatable bonds is 4. The van der Waals surface area contributed by atoms with E-state index in [-0.39, 0.29) is 24.6 Å². The number of alkyl halides is 2. The van der Waals surface area contributed by atoms with Crippen LogP contribution in [-0.4, -0.2) is 31.6 Å². The van der Waals surface area contributed by atoms with Crippen molar-refractivity contribution in [3.05, 3.63) is 65.3 Å². The van der Waals surface area contributed by atoms with Crippen LogP contribution in [0, 0.1) is 13.8 Å². The number of nitrogens with zero attached hydrogens (tertiary/aromatic N) is 4. The van der Waals surface area contributed by atoms with E-state index in [1.807, 2.05) is 31.2 Å². The molecule has 5 rings (SSSR count). The predicted octanol–water partition coefficient (Wildman–Crippen LogP) is 4.77. The molecule has 3 aromatic heterocycles. The zero-order chi connectivity index (χ0) is 21.8. The SMILES string of the molecule is Cc1ccc(-c2noc(C3CC(F)(F)C3)n2)cc1NC(=O)c1c(C)nn2ccccc12. The molecule has 0 atom stereocenters. The summed E-state index contributed by atoms with van der Waals surface area (Å²) < 4.78 is 33.1. The van der Waals surface area contributed by atoms with Crippen LogP contribution >= 0.6 is 0 Å². The molecule has 0 radical (unpaired) electrons. The Bertz CT molecular complexity index is 1300. The van der Waals surface area contributed by atoms with Crippen molar-refractivity contribution < 1.29 is 18.1 Å². The average Bonchev–Trinajstić information content (AvgIpc) is 3.31. The number of hydrogen-bond acceptors (Lipinski definition) is 5. The van der Waals surface area contributed by atoms with Crippen LogP contribution in [0.2, 0.25) is 0 Å². The maximum Gasteiger partial charge on any atom is 0.259 e. The topological polar surface area (TPSA) is 85.3 Å². The van der Waals surface area contributed by atoms with Gasteiger partial charge in [0, 0.05) is 36.2 Å². The minimum Gasteiger partial charge on any atom is -0.339 e. The van der Waals surface area contributed by atoms with Gasteiger partial charge in [-0.15, -0.1) is 0 Å². The highest BCUT2D eigenvalue weighted by Crippen LogP contribution is 2.47. The molecule has 9 heteroatoms. The van der Waals surface area contributed by atoms with E-state index >= 15 is 0 Å². The van der Waals surface area contributed by atoms with Gasteiger partial charge >= 0.3 is 0 Å². The molecule has 0 aliphatic heterocycles. The van der Waals surface area contributed by atoms with Gasteiger partial charge in [0.25, 0.3) is 5.91 Å². The number of amides is 1. The number of aromatic nitrogens is 4. The summed E-state index contributed by atoms with van der Waals surface area (Å²) in [6.45, 7) is 3.66. The van der Waals surface area contributed by atoms with E-state index in [1.165, 1.54) is 0 Å². The second-order valence-electron chi connectivity index (χ2n) is 7.89. The Balaban J connectivity index is 1.41. The summed E-state index contributed by atoms with van der Waals surface area (Å²) in [5, 5.41) is 11.3. The fourth-order valence-electron chi connectivity index (χ4n) is 3.83. The molecule has 1 fully saturated rings. The van der Waals surface area contributed by atoms with E-state index < -0.39 is 11.8 Å². The van der Waals surface area contributed by atoms with Gasteiger partial charge in [0.05, 0.1) is 16.8 Å². The highest BCUT2D eigenvalue weighted by Gasteiger charge is 2.48. The highest BCUT2D eigenvalue weighted by molar-refractivity contribution is 6.10. The van der Waals surface area contributed by atoms with Crippen LogP contribution in [0.1, 0.15) is 46.3 Å². The summed E-state index contributed by atoms with van der Waals surface area (Å²) >= 11 is 0. The molecule has 1 aliphatic rings. The Morgan fingerprint density at radius 2 is 2.03 bits per heavy atom. The molecule has 1 saturated carbocycles.